The van der Waals surface area contributed by atoms with Gasteiger partial charge in [0.2, 0.25) is 0 Å². The van der Waals surface area contributed by atoms with Crippen LogP contribution in [0.4, 0.5) is 0 Å². The molecule has 3 saturated carbocycles. The molecule has 9 aliphatic rings. The van der Waals surface area contributed by atoms with Gasteiger partial charge in [-0.25, -0.2) is 12.5 Å². The smallest absolute Gasteiger partial charge is 0.397 e. The fourth-order valence-corrected chi connectivity index (χ4v) is 17.9. The summed E-state index contributed by atoms with van der Waals surface area (Å²) < 4.78 is 178. The second kappa shape index (κ2) is 26.7. The van der Waals surface area contributed by atoms with Gasteiger partial charge in [0.05, 0.1) is 43.4 Å². The van der Waals surface area contributed by atoms with Gasteiger partial charge in [0.15, 0.2) is 25.2 Å². The van der Waals surface area contributed by atoms with Crippen LogP contribution in [0.2, 0.25) is 0 Å². The lowest BCUT2D eigenvalue weighted by Crippen LogP contribution is -2.67. The number of carbonyl (C=O) groups is 2. The second-order valence-electron chi connectivity index (χ2n) is 27.1. The van der Waals surface area contributed by atoms with Crippen molar-refractivity contribution in [3.8, 4) is 0 Å². The van der Waals surface area contributed by atoms with Gasteiger partial charge in [0.25, 0.3) is 0 Å². The van der Waals surface area contributed by atoms with Crippen molar-refractivity contribution in [2.24, 2.45) is 39.4 Å². The van der Waals surface area contributed by atoms with Crippen LogP contribution in [0.3, 0.4) is 0 Å². The molecule has 28 atom stereocenters. The maximum atomic E-state index is 14.7. The number of carbonyl (C=O) groups excluding carboxylic acids is 2. The summed E-state index contributed by atoms with van der Waals surface area (Å²) in [4.78, 5) is 27.5. The molecule has 0 bridgehead atoms. The minimum Gasteiger partial charge on any atom is -0.462 e. The van der Waals surface area contributed by atoms with Gasteiger partial charge < -0.3 is 87.9 Å². The Morgan fingerprint density at radius 3 is 1.81 bits per heavy atom. The average Bonchev–Trinajstić information content (AvgIpc) is 1.52. The maximum absolute atomic E-state index is 14.7. The highest BCUT2D eigenvalue weighted by Crippen LogP contribution is 2.77. The van der Waals surface area contributed by atoms with Crippen molar-refractivity contribution in [3.63, 3.8) is 0 Å². The van der Waals surface area contributed by atoms with Crippen LogP contribution in [0, 0.1) is 39.4 Å². The van der Waals surface area contributed by atoms with Crippen molar-refractivity contribution in [3.05, 3.63) is 23.3 Å². The molecule has 4 aliphatic carbocycles. The highest BCUT2D eigenvalue weighted by Gasteiger charge is 2.79. The van der Waals surface area contributed by atoms with Gasteiger partial charge >= 0.3 is 43.1 Å². The summed E-state index contributed by atoms with van der Waals surface area (Å²) in [6.07, 6.45) is -29.3. The van der Waals surface area contributed by atoms with Crippen molar-refractivity contribution in [2.75, 3.05) is 26.9 Å². The Bertz CT molecular complexity index is 3050. The van der Waals surface area contributed by atoms with Crippen LogP contribution in [0.25, 0.3) is 0 Å². The number of allylic oxidation sites excluding steroid dienone is 4. The van der Waals surface area contributed by atoms with Crippen LogP contribution in [0.5, 0.6) is 0 Å². The van der Waals surface area contributed by atoms with Gasteiger partial charge in [0.1, 0.15) is 97.2 Å². The third-order valence-electron chi connectivity index (χ3n) is 21.0. The number of methoxy groups -OCH3 is 1. The van der Waals surface area contributed by atoms with Crippen molar-refractivity contribution in [1.82, 2.24) is 0 Å². The lowest BCUT2D eigenvalue weighted by Gasteiger charge is -2.64. The van der Waals surface area contributed by atoms with E-state index in [4.69, 9.17) is 60.8 Å². The molecule has 522 valence electrons. The first kappa shape index (κ1) is 72.7. The van der Waals surface area contributed by atoms with E-state index in [0.717, 1.165) is 18.3 Å². The highest BCUT2D eigenvalue weighted by molar-refractivity contribution is 7.81. The van der Waals surface area contributed by atoms with Gasteiger partial charge in [-0.3, -0.25) is 23.2 Å². The van der Waals surface area contributed by atoms with Crippen LogP contribution in [0.15, 0.2) is 23.3 Å². The first-order chi connectivity index (χ1) is 42.1. The molecule has 9 rings (SSSR count). The molecule has 0 radical (unpaired) electrons. The molecule has 35 heteroatoms. The quantitative estimate of drug-likeness (QED) is 0.0398. The summed E-state index contributed by atoms with van der Waals surface area (Å²) in [6, 6.07) is 0. The van der Waals surface area contributed by atoms with Gasteiger partial charge in [-0.1, -0.05) is 51.0 Å². The molecule has 0 aromatic carbocycles. The van der Waals surface area contributed by atoms with E-state index in [1.165, 1.54) is 13.8 Å². The maximum Gasteiger partial charge on any atom is 0.397 e. The van der Waals surface area contributed by atoms with Gasteiger partial charge in [-0.15, -0.1) is 0 Å². The third-order valence-corrected chi connectivity index (χ3v) is 22.3. The molecule has 0 aromatic rings. The molecule has 5 saturated heterocycles. The Kier molecular flexibility index (Phi) is 21.3. The average molecular weight is 1370 g/mol. The monoisotopic (exact) mass is 1370 g/mol. The van der Waals surface area contributed by atoms with E-state index in [1.807, 2.05) is 34.6 Å². The summed E-state index contributed by atoms with van der Waals surface area (Å²) in [5, 5.41) is 80.4. The van der Waals surface area contributed by atoms with Crippen molar-refractivity contribution >= 4 is 43.1 Å². The van der Waals surface area contributed by atoms with Crippen molar-refractivity contribution in [2.45, 2.75) is 248 Å². The fraction of sp³-hybridized carbons (Fsp3) is 0.893. The van der Waals surface area contributed by atoms with Gasteiger partial charge in [-0.05, 0) is 102 Å². The predicted molar refractivity (Wildman–Crippen MR) is 303 cm³/mol. The molecule has 5 heterocycles. The molecule has 5 aliphatic heterocycles. The van der Waals surface area contributed by atoms with E-state index in [-0.39, 0.29) is 23.2 Å². The van der Waals surface area contributed by atoms with Gasteiger partial charge in [0, 0.05) is 19.4 Å². The normalized spacial score (nSPS) is 46.6. The molecular weight excluding hydrogens is 1280 g/mol. The Hall–Kier alpha value is -2.61. The number of aliphatic hydroxyl groups excluding tert-OH is 7. The zero-order chi connectivity index (χ0) is 67.3. The molecule has 0 amide bonds. The zero-order valence-corrected chi connectivity index (χ0v) is 54.4. The largest absolute Gasteiger partial charge is 0.462 e. The number of fused-ring (bicyclic) bond motifs is 4. The fourth-order valence-electron chi connectivity index (χ4n) is 16.8. The van der Waals surface area contributed by atoms with Gasteiger partial charge in [-0.2, -0.15) is 25.3 Å². The summed E-state index contributed by atoms with van der Waals surface area (Å²) >= 11 is 0. The summed E-state index contributed by atoms with van der Waals surface area (Å²) in [7, 11) is -14.6. The van der Waals surface area contributed by atoms with Crippen LogP contribution < -0.4 is 0 Å². The molecule has 10 N–H and O–H groups in total. The van der Waals surface area contributed by atoms with E-state index in [9.17, 15) is 79.7 Å². The van der Waals surface area contributed by atoms with E-state index in [1.54, 1.807) is 0 Å². The van der Waals surface area contributed by atoms with E-state index >= 15 is 0 Å². The molecule has 1 spiro atoms. The van der Waals surface area contributed by atoms with Crippen LogP contribution in [-0.2, 0) is 105 Å². The standard InChI is InChI=1S/C56H88O32S3/c1-24(2)12-11-17-55(9)46-29(80-26(4)57)20-54(8)28-13-14-33-52(5,6)34(16-18-53(33,7)27(28)15-19-56(46,54)51(65)87-55)83-50-45(37(60)32(21-76-50)88-91(72,73)74)86-47-39(62)38(61)42(25(3)79-47)84-49-41(64)44(36(59)31(82-49)23-78-90(69,70)71)85-48-40(63)43(75-10)35(58)30(81-48)22-77-89(66,67)68/h12-13,25,27,29-50,58-64H,11,14-23H2,1-10H3,(H,66,67,68)(H,69,70,71)(H,72,73,74)/t25-,27+,29+,30-,31-,32-,33+,34+,35-,36-,37+,38-,39-,40-,41-,42-,43+,44+,45-,46-,47+,48+,49+,50+,53-,54+,55+,56-/m1/s1. The van der Waals surface area contributed by atoms with Crippen molar-refractivity contribution < 1.29 is 149 Å². The first-order valence-corrected chi connectivity index (χ1v) is 34.3. The summed E-state index contributed by atoms with van der Waals surface area (Å²) in [6.45, 7) is 14.1. The van der Waals surface area contributed by atoms with Crippen LogP contribution in [0.1, 0.15) is 114 Å². The molecule has 0 aromatic heterocycles. The number of cyclic esters (lactones) is 1. The van der Waals surface area contributed by atoms with E-state index in [2.05, 4.69) is 34.4 Å². The lowest BCUT2D eigenvalue weighted by molar-refractivity contribution is -0.389. The topological polar surface area (TPSA) is 468 Å². The second-order valence-corrected chi connectivity index (χ2v) is 30.3. The Balaban J connectivity index is 0.927. The lowest BCUT2D eigenvalue weighted by atomic mass is 9.41. The van der Waals surface area contributed by atoms with E-state index < -0.39 is 214 Å². The number of hydrogen-bond acceptors (Lipinski definition) is 29. The Morgan fingerprint density at radius 2 is 1.24 bits per heavy atom. The minimum absolute atomic E-state index is 0.0173. The van der Waals surface area contributed by atoms with E-state index in [0.29, 0.717) is 51.4 Å². The number of esters is 2. The first-order valence-electron chi connectivity index (χ1n) is 30.2. The third kappa shape index (κ3) is 14.1. The number of hydrogen-bond donors (Lipinski definition) is 10. The summed E-state index contributed by atoms with van der Waals surface area (Å²) in [5.41, 5.74) is -1.40. The number of ether oxygens (including phenoxy) is 11. The van der Waals surface area contributed by atoms with Crippen molar-refractivity contribution in [1.29, 1.82) is 0 Å². The summed E-state index contributed by atoms with van der Waals surface area (Å²) in [5.74, 6) is -1.21. The number of rotatable bonds is 21. The highest BCUT2D eigenvalue weighted by atomic mass is 32.3. The van der Waals surface area contributed by atoms with Crippen LogP contribution >= 0.6 is 0 Å². The Labute approximate surface area is 527 Å². The Morgan fingerprint density at radius 1 is 0.670 bits per heavy atom. The molecule has 32 nitrogen and oxygen atoms in total. The molecule has 8 fully saturated rings. The zero-order valence-electron chi connectivity index (χ0n) is 52.0. The molecular formula is C56H88O32S3. The predicted octanol–water partition coefficient (Wildman–Crippen LogP) is -0.365. The SMILES string of the molecule is CO[C@@H]1[C@@H](O)[C@H](O[C@@H]2[C@@H](O)[C@H](O[C@H]3[C@H](O)[C@@H](O)[C@H](O[C@H]4[C@H](O[C@H]5CC[C@]6(C)[C@H]7CC[C@]89C(=O)O[C@@](C)(CCC=C(C)C)[C@H]8[C@@H](OC(C)=O)C[C@@]9(C)C7=CC[C@H]6C5(C)C)OC[C@@H](OS(=O)(=O)O)[C@@H]4O)O[C@@H]3C)O[C@H](COS(=O)(=O)O)[C@H]2O)O[C@H](COS(=O)(=O)O)[C@H]1O. The number of aliphatic hydroxyl groups is 7. The molecule has 0 unspecified atom stereocenters. The molecule has 91 heavy (non-hydrogen) atoms. The minimum atomic E-state index is -5.26. The van der Waals surface area contributed by atoms with Crippen LogP contribution in [-0.4, -0.2) is 248 Å².